The molecule has 0 saturated carbocycles. The zero-order chi connectivity index (χ0) is 19.4. The lowest BCUT2D eigenvalue weighted by atomic mass is 10.3. The summed E-state index contributed by atoms with van der Waals surface area (Å²) in [6.45, 7) is 6.56. The van der Waals surface area contributed by atoms with E-state index in [9.17, 15) is 13.2 Å². The van der Waals surface area contributed by atoms with Gasteiger partial charge in [-0.25, -0.2) is 8.42 Å². The summed E-state index contributed by atoms with van der Waals surface area (Å²) in [7, 11) is -3.76. The SMILES string of the molecule is C=CCOc1ccc(NS(=O)(=O)c2ccc3c(c2)sc(=O)n3CCC)cc1. The highest BCUT2D eigenvalue weighted by Crippen LogP contribution is 2.24. The first-order valence-electron chi connectivity index (χ1n) is 8.44. The van der Waals surface area contributed by atoms with E-state index in [4.69, 9.17) is 4.74 Å². The Morgan fingerprint density at radius 3 is 2.63 bits per heavy atom. The van der Waals surface area contributed by atoms with Gasteiger partial charge in [0, 0.05) is 12.2 Å². The van der Waals surface area contributed by atoms with E-state index in [1.807, 2.05) is 6.92 Å². The largest absolute Gasteiger partial charge is 0.490 e. The van der Waals surface area contributed by atoms with Gasteiger partial charge < -0.3 is 4.74 Å². The number of thiazole rings is 1. The summed E-state index contributed by atoms with van der Waals surface area (Å²) in [6, 6.07) is 11.4. The molecular weight excluding hydrogens is 384 g/mol. The molecule has 0 aliphatic carbocycles. The standard InChI is InChI=1S/C19H20N2O4S2/c1-3-11-21-17-10-9-16(13-18(17)26-19(21)22)27(23,24)20-14-5-7-15(8-6-14)25-12-4-2/h4-10,13,20H,2-3,11-12H2,1H3. The van der Waals surface area contributed by atoms with Crippen molar-refractivity contribution in [3.8, 4) is 5.75 Å². The zero-order valence-corrected chi connectivity index (χ0v) is 16.5. The Morgan fingerprint density at radius 1 is 1.22 bits per heavy atom. The highest BCUT2D eigenvalue weighted by molar-refractivity contribution is 7.92. The monoisotopic (exact) mass is 404 g/mol. The molecule has 6 nitrogen and oxygen atoms in total. The minimum atomic E-state index is -3.76. The third kappa shape index (κ3) is 4.23. The lowest BCUT2D eigenvalue weighted by molar-refractivity contribution is 0.363. The van der Waals surface area contributed by atoms with Crippen molar-refractivity contribution >= 4 is 37.3 Å². The van der Waals surface area contributed by atoms with Gasteiger partial charge in [0.1, 0.15) is 12.4 Å². The lowest BCUT2D eigenvalue weighted by Gasteiger charge is -2.09. The first kappa shape index (κ1) is 19.2. The number of rotatable bonds is 8. The zero-order valence-electron chi connectivity index (χ0n) is 14.8. The van der Waals surface area contributed by atoms with Crippen molar-refractivity contribution in [3.63, 3.8) is 0 Å². The van der Waals surface area contributed by atoms with Crippen LogP contribution >= 0.6 is 11.3 Å². The lowest BCUT2D eigenvalue weighted by Crippen LogP contribution is -2.13. The van der Waals surface area contributed by atoms with Gasteiger partial charge in [0.2, 0.25) is 0 Å². The average Bonchev–Trinajstić information content (AvgIpc) is 2.96. The molecule has 3 aromatic rings. The minimum Gasteiger partial charge on any atom is -0.490 e. The molecule has 3 rings (SSSR count). The van der Waals surface area contributed by atoms with Crippen LogP contribution in [0.4, 0.5) is 5.69 Å². The van der Waals surface area contributed by atoms with Gasteiger partial charge in [0.25, 0.3) is 10.0 Å². The fourth-order valence-electron chi connectivity index (χ4n) is 2.64. The molecule has 27 heavy (non-hydrogen) atoms. The van der Waals surface area contributed by atoms with Crippen LogP contribution in [-0.4, -0.2) is 19.6 Å². The van der Waals surface area contributed by atoms with Crippen LogP contribution in [0.3, 0.4) is 0 Å². The van der Waals surface area contributed by atoms with E-state index in [-0.39, 0.29) is 9.77 Å². The normalized spacial score (nSPS) is 11.4. The number of nitrogens with one attached hydrogen (secondary N) is 1. The van der Waals surface area contributed by atoms with Crippen LogP contribution in [0.1, 0.15) is 13.3 Å². The molecule has 0 saturated heterocycles. The molecule has 1 aromatic heterocycles. The van der Waals surface area contributed by atoms with Crippen LogP contribution in [0.25, 0.3) is 10.2 Å². The fourth-order valence-corrected chi connectivity index (χ4v) is 4.75. The molecule has 8 heteroatoms. The van der Waals surface area contributed by atoms with E-state index >= 15 is 0 Å². The molecule has 0 spiro atoms. The molecule has 0 amide bonds. The first-order chi connectivity index (χ1) is 12.9. The van der Waals surface area contributed by atoms with Gasteiger partial charge in [-0.2, -0.15) is 0 Å². The van der Waals surface area contributed by atoms with Crippen molar-refractivity contribution in [2.24, 2.45) is 0 Å². The summed E-state index contributed by atoms with van der Waals surface area (Å²) in [5, 5.41) is 0. The van der Waals surface area contributed by atoms with Crippen molar-refractivity contribution in [2.45, 2.75) is 24.8 Å². The van der Waals surface area contributed by atoms with E-state index in [0.29, 0.717) is 29.3 Å². The number of aryl methyl sites for hydroxylation is 1. The fraction of sp³-hybridized carbons (Fsp3) is 0.211. The summed E-state index contributed by atoms with van der Waals surface area (Å²) < 4.78 is 35.6. The number of hydrogen-bond acceptors (Lipinski definition) is 5. The summed E-state index contributed by atoms with van der Waals surface area (Å²) in [6.07, 6.45) is 2.47. The van der Waals surface area contributed by atoms with Gasteiger partial charge in [0.15, 0.2) is 0 Å². The number of hydrogen-bond donors (Lipinski definition) is 1. The number of fused-ring (bicyclic) bond motifs is 1. The first-order valence-corrected chi connectivity index (χ1v) is 10.7. The molecule has 1 N–H and O–H groups in total. The Morgan fingerprint density at radius 2 is 1.96 bits per heavy atom. The molecule has 0 aliphatic rings. The second-order valence-corrected chi connectivity index (χ2v) is 8.55. The van der Waals surface area contributed by atoms with Crippen LogP contribution in [-0.2, 0) is 16.6 Å². The van der Waals surface area contributed by atoms with Gasteiger partial charge in [0.05, 0.1) is 15.1 Å². The van der Waals surface area contributed by atoms with Gasteiger partial charge in [-0.1, -0.05) is 30.9 Å². The Labute approximate surface area is 161 Å². The van der Waals surface area contributed by atoms with Crippen molar-refractivity contribution in [1.82, 2.24) is 4.57 Å². The molecule has 0 radical (unpaired) electrons. The van der Waals surface area contributed by atoms with Gasteiger partial charge >= 0.3 is 4.87 Å². The number of benzene rings is 2. The molecule has 0 unspecified atom stereocenters. The quantitative estimate of drug-likeness (QED) is 0.579. The molecular formula is C19H20N2O4S2. The minimum absolute atomic E-state index is 0.0792. The maximum atomic E-state index is 12.7. The molecule has 2 aromatic carbocycles. The van der Waals surface area contributed by atoms with Crippen LogP contribution in [0, 0.1) is 0 Å². The van der Waals surface area contributed by atoms with E-state index in [2.05, 4.69) is 11.3 Å². The number of ether oxygens (including phenoxy) is 1. The Kier molecular flexibility index (Phi) is 5.67. The van der Waals surface area contributed by atoms with Crippen LogP contribution in [0.15, 0.2) is 64.8 Å². The Bertz CT molecular complexity index is 1110. The van der Waals surface area contributed by atoms with Gasteiger partial charge in [-0.3, -0.25) is 14.1 Å². The molecule has 142 valence electrons. The van der Waals surface area contributed by atoms with E-state index in [1.54, 1.807) is 41.0 Å². The predicted octanol–water partition coefficient (Wildman–Crippen LogP) is 3.84. The van der Waals surface area contributed by atoms with Crippen LogP contribution in [0.2, 0.25) is 0 Å². The third-order valence-electron chi connectivity index (χ3n) is 3.87. The maximum absolute atomic E-state index is 12.7. The highest BCUT2D eigenvalue weighted by atomic mass is 32.2. The summed E-state index contributed by atoms with van der Waals surface area (Å²) in [4.78, 5) is 12.1. The smallest absolute Gasteiger partial charge is 0.308 e. The molecule has 0 bridgehead atoms. The average molecular weight is 405 g/mol. The van der Waals surface area contributed by atoms with Crippen molar-refractivity contribution in [3.05, 3.63) is 64.8 Å². The predicted molar refractivity (Wildman–Crippen MR) is 109 cm³/mol. The molecule has 1 heterocycles. The summed E-state index contributed by atoms with van der Waals surface area (Å²) >= 11 is 1.06. The number of aromatic nitrogens is 1. The number of sulfonamides is 1. The molecule has 0 fully saturated rings. The van der Waals surface area contributed by atoms with Crippen molar-refractivity contribution in [1.29, 1.82) is 0 Å². The van der Waals surface area contributed by atoms with E-state index in [1.165, 1.54) is 12.1 Å². The molecule has 0 atom stereocenters. The van der Waals surface area contributed by atoms with Crippen molar-refractivity contribution in [2.75, 3.05) is 11.3 Å². The Balaban J connectivity index is 1.86. The van der Waals surface area contributed by atoms with E-state index < -0.39 is 10.0 Å². The number of anilines is 1. The second-order valence-electron chi connectivity index (χ2n) is 5.88. The van der Waals surface area contributed by atoms with Crippen LogP contribution < -0.4 is 14.3 Å². The second kappa shape index (κ2) is 7.98. The van der Waals surface area contributed by atoms with Gasteiger partial charge in [-0.15, -0.1) is 0 Å². The topological polar surface area (TPSA) is 77.4 Å². The summed E-state index contributed by atoms with van der Waals surface area (Å²) in [5.74, 6) is 0.626. The van der Waals surface area contributed by atoms with Crippen LogP contribution in [0.5, 0.6) is 5.75 Å². The summed E-state index contributed by atoms with van der Waals surface area (Å²) in [5.41, 5.74) is 1.19. The maximum Gasteiger partial charge on any atom is 0.308 e. The Hall–Kier alpha value is -2.58. The third-order valence-corrected chi connectivity index (χ3v) is 6.19. The van der Waals surface area contributed by atoms with E-state index in [0.717, 1.165) is 23.3 Å². The highest BCUT2D eigenvalue weighted by Gasteiger charge is 2.17. The molecule has 0 aliphatic heterocycles. The number of nitrogens with zero attached hydrogens (tertiary/aromatic N) is 1. The van der Waals surface area contributed by atoms with Crippen molar-refractivity contribution < 1.29 is 13.2 Å². The van der Waals surface area contributed by atoms with Gasteiger partial charge in [-0.05, 0) is 48.9 Å².